The van der Waals surface area contributed by atoms with Gasteiger partial charge in [0, 0.05) is 18.8 Å². The molecule has 0 saturated heterocycles. The van der Waals surface area contributed by atoms with Gasteiger partial charge in [0.25, 0.3) is 0 Å². The lowest BCUT2D eigenvalue weighted by Crippen LogP contribution is -2.16. The Morgan fingerprint density at radius 3 is 2.74 bits per heavy atom. The van der Waals surface area contributed by atoms with Crippen LogP contribution in [0, 0.1) is 0 Å². The number of anilines is 1. The number of benzene rings is 1. The topological polar surface area (TPSA) is 29.3 Å². The van der Waals surface area contributed by atoms with Gasteiger partial charge in [-0.05, 0) is 23.6 Å². The van der Waals surface area contributed by atoms with E-state index in [0.29, 0.717) is 0 Å². The molecule has 2 aromatic heterocycles. The number of nitrogens with zero attached hydrogens (tertiary/aromatic N) is 2. The summed E-state index contributed by atoms with van der Waals surface area (Å²) in [7, 11) is 2.05. The summed E-state index contributed by atoms with van der Waals surface area (Å²) >= 11 is 1.66. The molecule has 0 radical (unpaired) electrons. The van der Waals surface area contributed by atoms with Crippen LogP contribution >= 0.6 is 11.3 Å². The Bertz CT molecular complexity index is 631. The van der Waals surface area contributed by atoms with Gasteiger partial charge in [0.05, 0.1) is 11.4 Å². The van der Waals surface area contributed by atoms with Crippen LogP contribution < -0.4 is 4.90 Å². The first kappa shape index (κ1) is 12.0. The van der Waals surface area contributed by atoms with Gasteiger partial charge in [-0.2, -0.15) is 0 Å². The molecule has 0 spiro atoms. The standard InChI is InChI=1S/C15H14N2OS/c1-17(13-6-3-2-4-7-13)11-12-10-14(18-16-12)15-8-5-9-19-15/h2-10H,11H2,1H3. The highest BCUT2D eigenvalue weighted by atomic mass is 32.1. The summed E-state index contributed by atoms with van der Waals surface area (Å²) in [6, 6.07) is 16.3. The van der Waals surface area contributed by atoms with Crippen LogP contribution in [0.2, 0.25) is 0 Å². The number of thiophene rings is 1. The third kappa shape index (κ3) is 2.69. The van der Waals surface area contributed by atoms with Gasteiger partial charge in [-0.3, -0.25) is 0 Å². The normalized spacial score (nSPS) is 10.6. The number of hydrogen-bond donors (Lipinski definition) is 0. The van der Waals surface area contributed by atoms with Crippen molar-refractivity contribution in [1.29, 1.82) is 0 Å². The second-order valence-corrected chi connectivity index (χ2v) is 5.30. The molecule has 0 saturated carbocycles. The van der Waals surface area contributed by atoms with Gasteiger partial charge in [-0.25, -0.2) is 0 Å². The zero-order valence-electron chi connectivity index (χ0n) is 10.6. The molecule has 3 rings (SSSR count). The van der Waals surface area contributed by atoms with E-state index in [1.54, 1.807) is 11.3 Å². The molecule has 0 bridgehead atoms. The van der Waals surface area contributed by atoms with Crippen LogP contribution in [0.4, 0.5) is 5.69 Å². The molecule has 0 unspecified atom stereocenters. The van der Waals surface area contributed by atoms with E-state index in [4.69, 9.17) is 4.52 Å². The summed E-state index contributed by atoms with van der Waals surface area (Å²) in [5.41, 5.74) is 2.11. The Labute approximate surface area is 116 Å². The summed E-state index contributed by atoms with van der Waals surface area (Å²) < 4.78 is 5.38. The fourth-order valence-corrected chi connectivity index (χ4v) is 2.61. The molecule has 4 heteroatoms. The Hall–Kier alpha value is -2.07. The molecule has 0 aliphatic heterocycles. The lowest BCUT2D eigenvalue weighted by molar-refractivity contribution is 0.424. The molecular weight excluding hydrogens is 256 g/mol. The van der Waals surface area contributed by atoms with E-state index in [1.807, 2.05) is 41.8 Å². The molecule has 0 aliphatic rings. The summed E-state index contributed by atoms with van der Waals surface area (Å²) in [5, 5.41) is 6.16. The average molecular weight is 270 g/mol. The predicted octanol–water partition coefficient (Wildman–Crippen LogP) is 4.04. The minimum Gasteiger partial charge on any atom is -0.369 e. The zero-order chi connectivity index (χ0) is 13.1. The largest absolute Gasteiger partial charge is 0.369 e. The van der Waals surface area contributed by atoms with E-state index < -0.39 is 0 Å². The Balaban J connectivity index is 1.74. The third-order valence-corrected chi connectivity index (χ3v) is 3.80. The highest BCUT2D eigenvalue weighted by Gasteiger charge is 2.09. The third-order valence-electron chi connectivity index (χ3n) is 2.92. The van der Waals surface area contributed by atoms with E-state index in [2.05, 4.69) is 29.2 Å². The highest BCUT2D eigenvalue weighted by Crippen LogP contribution is 2.25. The maximum atomic E-state index is 5.38. The van der Waals surface area contributed by atoms with Crippen LogP contribution in [0.25, 0.3) is 10.6 Å². The monoisotopic (exact) mass is 270 g/mol. The lowest BCUT2D eigenvalue weighted by Gasteiger charge is -2.17. The van der Waals surface area contributed by atoms with Crippen molar-refractivity contribution in [2.24, 2.45) is 0 Å². The minimum atomic E-state index is 0.735. The fraction of sp³-hybridized carbons (Fsp3) is 0.133. The van der Waals surface area contributed by atoms with Crippen molar-refractivity contribution in [3.05, 3.63) is 59.6 Å². The van der Waals surface area contributed by atoms with Gasteiger partial charge in [-0.1, -0.05) is 29.4 Å². The average Bonchev–Trinajstić information content (AvgIpc) is 3.10. The molecule has 0 amide bonds. The van der Waals surface area contributed by atoms with Gasteiger partial charge < -0.3 is 9.42 Å². The molecule has 0 N–H and O–H groups in total. The molecule has 96 valence electrons. The van der Waals surface area contributed by atoms with Crippen LogP contribution in [0.5, 0.6) is 0 Å². The Morgan fingerprint density at radius 1 is 1.16 bits per heavy atom. The zero-order valence-corrected chi connectivity index (χ0v) is 11.4. The number of para-hydroxylation sites is 1. The first-order chi connectivity index (χ1) is 9.33. The summed E-state index contributed by atoms with van der Waals surface area (Å²) in [4.78, 5) is 3.26. The highest BCUT2D eigenvalue weighted by molar-refractivity contribution is 7.13. The van der Waals surface area contributed by atoms with E-state index in [1.165, 1.54) is 5.69 Å². The van der Waals surface area contributed by atoms with Crippen molar-refractivity contribution < 1.29 is 4.52 Å². The minimum absolute atomic E-state index is 0.735. The molecule has 2 heterocycles. The first-order valence-corrected chi connectivity index (χ1v) is 6.96. The molecule has 0 fully saturated rings. The van der Waals surface area contributed by atoms with Crippen molar-refractivity contribution >= 4 is 17.0 Å². The summed E-state index contributed by atoms with van der Waals surface area (Å²) in [6.07, 6.45) is 0. The molecule has 3 nitrogen and oxygen atoms in total. The number of aromatic nitrogens is 1. The maximum absolute atomic E-state index is 5.38. The maximum Gasteiger partial charge on any atom is 0.177 e. The molecule has 19 heavy (non-hydrogen) atoms. The van der Waals surface area contributed by atoms with Gasteiger partial charge in [-0.15, -0.1) is 11.3 Å². The Kier molecular flexibility index (Phi) is 3.33. The fourth-order valence-electron chi connectivity index (χ4n) is 1.94. The quantitative estimate of drug-likeness (QED) is 0.716. The van der Waals surface area contributed by atoms with Crippen LogP contribution in [-0.4, -0.2) is 12.2 Å². The summed E-state index contributed by atoms with van der Waals surface area (Å²) in [5.74, 6) is 0.839. The molecule has 0 atom stereocenters. The molecule has 3 aromatic rings. The van der Waals surface area contributed by atoms with Gasteiger partial charge in [0.15, 0.2) is 5.76 Å². The van der Waals surface area contributed by atoms with Crippen LogP contribution in [0.15, 0.2) is 58.4 Å². The molecule has 1 aromatic carbocycles. The van der Waals surface area contributed by atoms with Crippen molar-refractivity contribution in [2.45, 2.75) is 6.54 Å². The van der Waals surface area contributed by atoms with E-state index in [9.17, 15) is 0 Å². The van der Waals surface area contributed by atoms with Crippen LogP contribution in [0.3, 0.4) is 0 Å². The van der Waals surface area contributed by atoms with Crippen molar-refractivity contribution in [1.82, 2.24) is 5.16 Å². The van der Waals surface area contributed by atoms with E-state index in [0.717, 1.165) is 22.9 Å². The van der Waals surface area contributed by atoms with Crippen LogP contribution in [-0.2, 0) is 6.54 Å². The SMILES string of the molecule is CN(Cc1cc(-c2cccs2)on1)c1ccccc1. The lowest BCUT2D eigenvalue weighted by atomic mass is 10.2. The van der Waals surface area contributed by atoms with Gasteiger partial charge >= 0.3 is 0 Å². The van der Waals surface area contributed by atoms with Crippen molar-refractivity contribution in [3.8, 4) is 10.6 Å². The second kappa shape index (κ2) is 5.28. The second-order valence-electron chi connectivity index (χ2n) is 4.35. The van der Waals surface area contributed by atoms with Crippen molar-refractivity contribution in [3.63, 3.8) is 0 Å². The van der Waals surface area contributed by atoms with Crippen molar-refractivity contribution in [2.75, 3.05) is 11.9 Å². The van der Waals surface area contributed by atoms with E-state index >= 15 is 0 Å². The molecule has 0 aliphatic carbocycles. The number of rotatable bonds is 4. The smallest absolute Gasteiger partial charge is 0.177 e. The van der Waals surface area contributed by atoms with E-state index in [-0.39, 0.29) is 0 Å². The predicted molar refractivity (Wildman–Crippen MR) is 78.4 cm³/mol. The Morgan fingerprint density at radius 2 is 2.00 bits per heavy atom. The van der Waals surface area contributed by atoms with Crippen LogP contribution in [0.1, 0.15) is 5.69 Å². The first-order valence-electron chi connectivity index (χ1n) is 6.08. The molecular formula is C15H14N2OS. The van der Waals surface area contributed by atoms with Gasteiger partial charge in [0.2, 0.25) is 0 Å². The number of hydrogen-bond acceptors (Lipinski definition) is 4. The van der Waals surface area contributed by atoms with Gasteiger partial charge in [0.1, 0.15) is 5.69 Å². The summed E-state index contributed by atoms with van der Waals surface area (Å²) in [6.45, 7) is 0.735.